The number of aromatic nitrogens is 2. The zero-order valence-electron chi connectivity index (χ0n) is 11.3. The summed E-state index contributed by atoms with van der Waals surface area (Å²) >= 11 is 0. The number of carboxylic acid groups (broad SMARTS) is 1. The molecule has 2 N–H and O–H groups in total. The monoisotopic (exact) mass is 271 g/mol. The summed E-state index contributed by atoms with van der Waals surface area (Å²) in [6, 6.07) is 11.7. The molecule has 0 saturated carbocycles. The Hall–Kier alpha value is -2.43. The van der Waals surface area contributed by atoms with Crippen LogP contribution in [0.3, 0.4) is 0 Å². The van der Waals surface area contributed by atoms with Gasteiger partial charge in [-0.1, -0.05) is 37.3 Å². The van der Waals surface area contributed by atoms with E-state index in [0.29, 0.717) is 18.3 Å². The minimum atomic E-state index is -1.00. The molecule has 5 nitrogen and oxygen atoms in total. The van der Waals surface area contributed by atoms with Gasteiger partial charge in [-0.05, 0) is 24.0 Å². The van der Waals surface area contributed by atoms with Crippen molar-refractivity contribution < 1.29 is 9.90 Å². The number of hydrogen-bond acceptors (Lipinski definition) is 4. The summed E-state index contributed by atoms with van der Waals surface area (Å²) in [4.78, 5) is 11.0. The second-order valence-corrected chi connectivity index (χ2v) is 4.63. The Morgan fingerprint density at radius 2 is 2.05 bits per heavy atom. The lowest BCUT2D eigenvalue weighted by molar-refractivity contribution is 0.0697. The highest BCUT2D eigenvalue weighted by molar-refractivity contribution is 5.92. The maximum atomic E-state index is 11.0. The van der Waals surface area contributed by atoms with E-state index in [-0.39, 0.29) is 5.56 Å². The highest BCUT2D eigenvalue weighted by atomic mass is 16.4. The van der Waals surface area contributed by atoms with Gasteiger partial charge in [0.25, 0.3) is 0 Å². The Balaban J connectivity index is 1.92. The van der Waals surface area contributed by atoms with Gasteiger partial charge in [-0.3, -0.25) is 0 Å². The topological polar surface area (TPSA) is 75.1 Å². The zero-order valence-corrected chi connectivity index (χ0v) is 11.3. The lowest BCUT2D eigenvalue weighted by Crippen LogP contribution is -2.12. The average Bonchev–Trinajstić information content (AvgIpc) is 2.48. The third-order valence-electron chi connectivity index (χ3n) is 3.19. The first-order valence-corrected chi connectivity index (χ1v) is 6.52. The van der Waals surface area contributed by atoms with E-state index in [1.54, 1.807) is 0 Å². The molecule has 5 heteroatoms. The van der Waals surface area contributed by atoms with Crippen LogP contribution in [0.25, 0.3) is 0 Å². The van der Waals surface area contributed by atoms with Crippen molar-refractivity contribution in [1.82, 2.24) is 10.2 Å². The van der Waals surface area contributed by atoms with Gasteiger partial charge in [-0.2, -0.15) is 5.10 Å². The van der Waals surface area contributed by atoms with E-state index < -0.39 is 5.97 Å². The van der Waals surface area contributed by atoms with Gasteiger partial charge in [-0.25, -0.2) is 4.79 Å². The molecule has 0 aliphatic heterocycles. The maximum Gasteiger partial charge on any atom is 0.339 e. The Morgan fingerprint density at radius 1 is 1.30 bits per heavy atom. The summed E-state index contributed by atoms with van der Waals surface area (Å²) in [5.41, 5.74) is 1.42. The van der Waals surface area contributed by atoms with Crippen LogP contribution in [0.1, 0.15) is 35.2 Å². The fourth-order valence-corrected chi connectivity index (χ4v) is 1.99. The number of nitrogens with zero attached hydrogens (tertiary/aromatic N) is 2. The first-order valence-electron chi connectivity index (χ1n) is 6.52. The molecule has 0 aliphatic rings. The molecule has 20 heavy (non-hydrogen) atoms. The summed E-state index contributed by atoms with van der Waals surface area (Å²) in [6.45, 7) is 2.79. The largest absolute Gasteiger partial charge is 0.478 e. The second-order valence-electron chi connectivity index (χ2n) is 4.63. The van der Waals surface area contributed by atoms with Gasteiger partial charge >= 0.3 is 5.97 Å². The van der Waals surface area contributed by atoms with Crippen molar-refractivity contribution in [2.45, 2.75) is 19.3 Å². The van der Waals surface area contributed by atoms with Crippen molar-refractivity contribution in [3.8, 4) is 0 Å². The molecule has 0 radical (unpaired) electrons. The van der Waals surface area contributed by atoms with Crippen molar-refractivity contribution in [1.29, 1.82) is 0 Å². The average molecular weight is 271 g/mol. The van der Waals surface area contributed by atoms with Crippen LogP contribution in [-0.4, -0.2) is 27.8 Å². The lowest BCUT2D eigenvalue weighted by atomic mass is 9.98. The van der Waals surface area contributed by atoms with Gasteiger partial charge in [0.1, 0.15) is 5.56 Å². The van der Waals surface area contributed by atoms with Crippen molar-refractivity contribution in [3.63, 3.8) is 0 Å². The summed E-state index contributed by atoms with van der Waals surface area (Å²) < 4.78 is 0. The Morgan fingerprint density at radius 3 is 2.75 bits per heavy atom. The number of benzene rings is 1. The van der Waals surface area contributed by atoms with Crippen molar-refractivity contribution in [3.05, 3.63) is 53.7 Å². The standard InChI is InChI=1S/C15H17N3O2/c1-11(12-5-3-2-4-6-12)7-9-16-14-13(15(19)20)8-10-17-18-14/h2-6,8,10-11H,7,9H2,1H3,(H,16,18)(H,19,20). The molecule has 0 aliphatic carbocycles. The van der Waals surface area contributed by atoms with Crippen LogP contribution in [0.2, 0.25) is 0 Å². The minimum Gasteiger partial charge on any atom is -0.478 e. The Labute approximate surface area is 117 Å². The predicted octanol–water partition coefficient (Wildman–Crippen LogP) is 2.78. The van der Waals surface area contributed by atoms with Crippen LogP contribution in [0, 0.1) is 0 Å². The van der Waals surface area contributed by atoms with E-state index in [4.69, 9.17) is 5.11 Å². The number of carbonyl (C=O) groups is 1. The number of rotatable bonds is 6. The van der Waals surface area contributed by atoms with Gasteiger partial charge in [-0.15, -0.1) is 5.10 Å². The summed E-state index contributed by atoms with van der Waals surface area (Å²) in [7, 11) is 0. The zero-order chi connectivity index (χ0) is 14.4. The maximum absolute atomic E-state index is 11.0. The molecule has 0 saturated heterocycles. The molecule has 1 aromatic carbocycles. The normalized spacial score (nSPS) is 11.8. The molecule has 1 unspecified atom stereocenters. The van der Waals surface area contributed by atoms with Gasteiger partial charge in [0.2, 0.25) is 0 Å². The number of hydrogen-bond donors (Lipinski definition) is 2. The summed E-state index contributed by atoms with van der Waals surface area (Å²) in [5, 5.41) is 19.6. The van der Waals surface area contributed by atoms with Gasteiger partial charge in [0.15, 0.2) is 5.82 Å². The number of aromatic carboxylic acids is 1. The van der Waals surface area contributed by atoms with Crippen molar-refractivity contribution >= 4 is 11.8 Å². The van der Waals surface area contributed by atoms with Crippen LogP contribution >= 0.6 is 0 Å². The van der Waals surface area contributed by atoms with Crippen molar-refractivity contribution in [2.24, 2.45) is 0 Å². The van der Waals surface area contributed by atoms with Crippen LogP contribution < -0.4 is 5.32 Å². The molecule has 1 heterocycles. The molecule has 104 valence electrons. The van der Waals surface area contributed by atoms with Crippen LogP contribution in [0.15, 0.2) is 42.6 Å². The summed E-state index contributed by atoms with van der Waals surface area (Å²) in [5.74, 6) is -0.285. The Bertz CT molecular complexity index is 572. The number of nitrogens with one attached hydrogen (secondary N) is 1. The molecule has 0 amide bonds. The van der Waals surface area contributed by atoms with Crippen LogP contribution in [-0.2, 0) is 0 Å². The number of carboxylic acids is 1. The molecule has 0 fully saturated rings. The molecule has 1 aromatic heterocycles. The fourth-order valence-electron chi connectivity index (χ4n) is 1.99. The Kier molecular flexibility index (Phi) is 4.65. The molecule has 0 spiro atoms. The van der Waals surface area contributed by atoms with Gasteiger partial charge in [0.05, 0.1) is 6.20 Å². The van der Waals surface area contributed by atoms with E-state index in [0.717, 1.165) is 6.42 Å². The van der Waals surface area contributed by atoms with Crippen molar-refractivity contribution in [2.75, 3.05) is 11.9 Å². The first-order chi connectivity index (χ1) is 9.68. The van der Waals surface area contributed by atoms with Gasteiger partial charge < -0.3 is 10.4 Å². The quantitative estimate of drug-likeness (QED) is 0.845. The fraction of sp³-hybridized carbons (Fsp3) is 0.267. The molecule has 2 aromatic rings. The molecule has 0 bridgehead atoms. The number of anilines is 1. The van der Waals surface area contributed by atoms with E-state index in [1.807, 2.05) is 18.2 Å². The third-order valence-corrected chi connectivity index (χ3v) is 3.19. The SMILES string of the molecule is CC(CCNc1nnccc1C(=O)O)c1ccccc1. The predicted molar refractivity (Wildman–Crippen MR) is 77.0 cm³/mol. The smallest absolute Gasteiger partial charge is 0.339 e. The van der Waals surface area contributed by atoms with E-state index in [9.17, 15) is 4.79 Å². The van der Waals surface area contributed by atoms with E-state index in [2.05, 4.69) is 34.6 Å². The molecular formula is C15H17N3O2. The van der Waals surface area contributed by atoms with E-state index >= 15 is 0 Å². The van der Waals surface area contributed by atoms with Gasteiger partial charge in [0, 0.05) is 6.54 Å². The first kappa shape index (κ1) is 14.0. The molecule has 1 atom stereocenters. The van der Waals surface area contributed by atoms with E-state index in [1.165, 1.54) is 17.8 Å². The minimum absolute atomic E-state index is 0.146. The molecule has 2 rings (SSSR count). The highest BCUT2D eigenvalue weighted by Gasteiger charge is 2.11. The summed E-state index contributed by atoms with van der Waals surface area (Å²) in [6.07, 6.45) is 2.26. The molecular weight excluding hydrogens is 254 g/mol. The third kappa shape index (κ3) is 3.54. The second kappa shape index (κ2) is 6.65. The van der Waals surface area contributed by atoms with Crippen LogP contribution in [0.5, 0.6) is 0 Å². The highest BCUT2D eigenvalue weighted by Crippen LogP contribution is 2.18. The lowest BCUT2D eigenvalue weighted by Gasteiger charge is -2.13. The van der Waals surface area contributed by atoms with Crippen LogP contribution in [0.4, 0.5) is 5.82 Å².